The molecular weight excluding hydrogens is 504 g/mol. The van der Waals surface area contributed by atoms with Gasteiger partial charge in [0.15, 0.2) is 0 Å². The van der Waals surface area contributed by atoms with Crippen molar-refractivity contribution in [2.75, 3.05) is 0 Å². The highest BCUT2D eigenvalue weighted by molar-refractivity contribution is 5.92. The lowest BCUT2D eigenvalue weighted by Gasteiger charge is -2.23. The Hall–Kier alpha value is -4.20. The van der Waals surface area contributed by atoms with E-state index in [1.54, 1.807) is 6.92 Å². The van der Waals surface area contributed by atoms with Crippen LogP contribution in [0, 0.1) is 0 Å². The Kier molecular flexibility index (Phi) is 10.8. The Morgan fingerprint density at radius 1 is 0.750 bits per heavy atom. The Morgan fingerprint density at radius 3 is 2.15 bits per heavy atom. The molecule has 3 aromatic rings. The molecule has 4 amide bonds. The molecule has 0 aliphatic heterocycles. The van der Waals surface area contributed by atoms with Gasteiger partial charge in [-0.25, -0.2) is 0 Å². The number of hydrogen-bond donors (Lipinski definition) is 4. The number of benzene rings is 3. The summed E-state index contributed by atoms with van der Waals surface area (Å²) in [5, 5.41) is 13.4. The lowest BCUT2D eigenvalue weighted by molar-refractivity contribution is -0.132. The van der Waals surface area contributed by atoms with Gasteiger partial charge in [0.05, 0.1) is 0 Å². The van der Waals surface area contributed by atoms with Gasteiger partial charge >= 0.3 is 0 Å². The molecule has 0 heterocycles. The predicted octanol–water partition coefficient (Wildman–Crippen LogP) is 3.77. The first-order valence-electron chi connectivity index (χ1n) is 13.7. The van der Waals surface area contributed by atoms with E-state index in [9.17, 15) is 19.2 Å². The van der Waals surface area contributed by atoms with Gasteiger partial charge in [0.1, 0.15) is 12.1 Å². The summed E-state index contributed by atoms with van der Waals surface area (Å²) in [5.41, 5.74) is 1.57. The summed E-state index contributed by atoms with van der Waals surface area (Å²) < 4.78 is 0. The second kappa shape index (κ2) is 14.3. The Morgan fingerprint density at radius 2 is 1.43 bits per heavy atom. The van der Waals surface area contributed by atoms with Crippen LogP contribution in [0.5, 0.6) is 0 Å². The molecule has 40 heavy (non-hydrogen) atoms. The van der Waals surface area contributed by atoms with Crippen molar-refractivity contribution in [1.82, 2.24) is 21.3 Å². The first kappa shape index (κ1) is 30.3. The number of fused-ring (bicyclic) bond motifs is 1. The molecule has 0 aliphatic carbocycles. The number of hydrogen-bond acceptors (Lipinski definition) is 4. The van der Waals surface area contributed by atoms with E-state index < -0.39 is 23.5 Å². The van der Waals surface area contributed by atoms with E-state index in [4.69, 9.17) is 0 Å². The molecular formula is C32H40N4O4. The maximum atomic E-state index is 13.2. The van der Waals surface area contributed by atoms with E-state index in [-0.39, 0.29) is 37.0 Å². The lowest BCUT2D eigenvalue weighted by atomic mass is 10.0. The summed E-state index contributed by atoms with van der Waals surface area (Å²) in [6.07, 6.45) is 0.882. The fourth-order valence-corrected chi connectivity index (χ4v) is 4.36. The average Bonchev–Trinajstić information content (AvgIpc) is 2.92. The molecule has 4 N–H and O–H groups in total. The number of nitrogens with one attached hydrogen (secondary N) is 4. The summed E-state index contributed by atoms with van der Waals surface area (Å²) in [5.74, 6) is -1.37. The summed E-state index contributed by atoms with van der Waals surface area (Å²) in [6, 6.07) is 21.6. The summed E-state index contributed by atoms with van der Waals surface area (Å²) in [4.78, 5) is 51.1. The molecule has 0 aliphatic rings. The number of carbonyl (C=O) groups is 4. The number of carbonyl (C=O) groups excluding carboxylic acids is 4. The van der Waals surface area contributed by atoms with Crippen molar-refractivity contribution in [2.45, 2.75) is 77.5 Å². The van der Waals surface area contributed by atoms with Gasteiger partial charge < -0.3 is 21.3 Å². The van der Waals surface area contributed by atoms with Crippen molar-refractivity contribution in [1.29, 1.82) is 0 Å². The Bertz CT molecular complexity index is 1310. The van der Waals surface area contributed by atoms with Crippen LogP contribution in [0.4, 0.5) is 0 Å². The smallest absolute Gasteiger partial charge is 0.243 e. The zero-order chi connectivity index (χ0) is 29.1. The van der Waals surface area contributed by atoms with Crippen molar-refractivity contribution in [2.24, 2.45) is 0 Å². The van der Waals surface area contributed by atoms with Crippen molar-refractivity contribution in [3.8, 4) is 0 Å². The SMILES string of the molecule is CC(NC(=O)C(CCC(=O)NC(C)(C)C)NC(=O)CCc1ccccc1)C(=O)NCc1cccc2ccccc12. The van der Waals surface area contributed by atoms with Gasteiger partial charge in [0.25, 0.3) is 0 Å². The van der Waals surface area contributed by atoms with Crippen LogP contribution in [-0.4, -0.2) is 41.3 Å². The van der Waals surface area contributed by atoms with Crippen molar-refractivity contribution in [3.05, 3.63) is 83.9 Å². The normalized spacial score (nSPS) is 12.7. The molecule has 3 rings (SSSR count). The highest BCUT2D eigenvalue weighted by Crippen LogP contribution is 2.18. The molecule has 8 nitrogen and oxygen atoms in total. The molecule has 0 fully saturated rings. The van der Waals surface area contributed by atoms with Crippen LogP contribution in [-0.2, 0) is 32.1 Å². The third kappa shape index (κ3) is 9.84. The van der Waals surface area contributed by atoms with Gasteiger partial charge in [-0.2, -0.15) is 0 Å². The second-order valence-corrected chi connectivity index (χ2v) is 11.0. The van der Waals surface area contributed by atoms with Crippen LogP contribution in [0.3, 0.4) is 0 Å². The monoisotopic (exact) mass is 544 g/mol. The van der Waals surface area contributed by atoms with E-state index in [2.05, 4.69) is 21.3 Å². The topological polar surface area (TPSA) is 116 Å². The molecule has 3 aromatic carbocycles. The van der Waals surface area contributed by atoms with Crippen molar-refractivity contribution >= 4 is 34.4 Å². The van der Waals surface area contributed by atoms with Crippen molar-refractivity contribution < 1.29 is 19.2 Å². The number of amides is 4. The van der Waals surface area contributed by atoms with E-state index in [1.807, 2.05) is 93.6 Å². The van der Waals surface area contributed by atoms with Crippen molar-refractivity contribution in [3.63, 3.8) is 0 Å². The van der Waals surface area contributed by atoms with E-state index in [0.717, 1.165) is 21.9 Å². The summed E-state index contributed by atoms with van der Waals surface area (Å²) in [6.45, 7) is 7.53. The molecule has 8 heteroatoms. The molecule has 0 bridgehead atoms. The van der Waals surface area contributed by atoms with Crippen LogP contribution in [0.15, 0.2) is 72.8 Å². The average molecular weight is 545 g/mol. The Labute approximate surface area is 236 Å². The van der Waals surface area contributed by atoms with Gasteiger partial charge in [-0.15, -0.1) is 0 Å². The molecule has 0 radical (unpaired) electrons. The summed E-state index contributed by atoms with van der Waals surface area (Å²) >= 11 is 0. The van der Waals surface area contributed by atoms with Crippen LogP contribution in [0.2, 0.25) is 0 Å². The summed E-state index contributed by atoms with van der Waals surface area (Å²) in [7, 11) is 0. The highest BCUT2D eigenvalue weighted by Gasteiger charge is 2.26. The number of rotatable bonds is 12. The number of aryl methyl sites for hydroxylation is 1. The van der Waals surface area contributed by atoms with Crippen LogP contribution >= 0.6 is 0 Å². The quantitative estimate of drug-likeness (QED) is 0.278. The maximum absolute atomic E-state index is 13.2. The third-order valence-corrected chi connectivity index (χ3v) is 6.39. The molecule has 0 saturated heterocycles. The largest absolute Gasteiger partial charge is 0.352 e. The van der Waals surface area contributed by atoms with Gasteiger partial charge in [0.2, 0.25) is 23.6 Å². The minimum absolute atomic E-state index is 0.0516. The standard InChI is InChI=1S/C32H40N4O4/c1-22(30(39)33-21-25-15-10-14-24-13-8-9-16-26(24)25)34-31(40)27(18-20-29(38)36-32(2,3)4)35-28(37)19-17-23-11-6-5-7-12-23/h5-16,22,27H,17-21H2,1-4H3,(H,33,39)(H,34,40)(H,35,37)(H,36,38). The third-order valence-electron chi connectivity index (χ3n) is 6.39. The van der Waals surface area contributed by atoms with E-state index in [0.29, 0.717) is 13.0 Å². The van der Waals surface area contributed by atoms with Crippen LogP contribution < -0.4 is 21.3 Å². The molecule has 0 saturated carbocycles. The van der Waals surface area contributed by atoms with E-state index in [1.165, 1.54) is 0 Å². The maximum Gasteiger partial charge on any atom is 0.243 e. The first-order chi connectivity index (χ1) is 19.0. The first-order valence-corrected chi connectivity index (χ1v) is 13.7. The van der Waals surface area contributed by atoms with Gasteiger partial charge in [-0.3, -0.25) is 19.2 Å². The highest BCUT2D eigenvalue weighted by atomic mass is 16.2. The minimum Gasteiger partial charge on any atom is -0.352 e. The molecule has 2 unspecified atom stereocenters. The molecule has 0 aromatic heterocycles. The fraction of sp³-hybridized carbons (Fsp3) is 0.375. The second-order valence-electron chi connectivity index (χ2n) is 11.0. The molecule has 212 valence electrons. The lowest BCUT2D eigenvalue weighted by Crippen LogP contribution is -2.53. The Balaban J connectivity index is 1.59. The van der Waals surface area contributed by atoms with Crippen LogP contribution in [0.1, 0.15) is 58.1 Å². The van der Waals surface area contributed by atoms with Crippen LogP contribution in [0.25, 0.3) is 10.8 Å². The van der Waals surface area contributed by atoms with Gasteiger partial charge in [0, 0.05) is 24.9 Å². The molecule has 0 spiro atoms. The van der Waals surface area contributed by atoms with Gasteiger partial charge in [-0.1, -0.05) is 72.8 Å². The molecule has 2 atom stereocenters. The predicted molar refractivity (Wildman–Crippen MR) is 157 cm³/mol. The van der Waals surface area contributed by atoms with E-state index >= 15 is 0 Å². The minimum atomic E-state index is -0.956. The van der Waals surface area contributed by atoms with Gasteiger partial charge in [-0.05, 0) is 62.4 Å². The zero-order valence-corrected chi connectivity index (χ0v) is 23.8. The fourth-order valence-electron chi connectivity index (χ4n) is 4.36. The zero-order valence-electron chi connectivity index (χ0n) is 23.8.